The van der Waals surface area contributed by atoms with Crippen molar-refractivity contribution in [3.05, 3.63) is 12.3 Å². The third-order valence-corrected chi connectivity index (χ3v) is 3.03. The number of rotatable bonds is 6. The second-order valence-electron chi connectivity index (χ2n) is 4.49. The number of hydrogen-bond donors (Lipinski definition) is 1. The molecule has 5 heteroatoms. The zero-order valence-electron chi connectivity index (χ0n) is 10.2. The van der Waals surface area contributed by atoms with Crippen LogP contribution in [0.2, 0.25) is 0 Å². The van der Waals surface area contributed by atoms with Crippen molar-refractivity contribution in [2.45, 2.75) is 25.8 Å². The molecule has 0 radical (unpaired) electrons. The van der Waals surface area contributed by atoms with E-state index in [1.807, 2.05) is 16.9 Å². The minimum Gasteiger partial charge on any atom is -0.382 e. The number of hydrogen-bond acceptors (Lipinski definition) is 4. The van der Waals surface area contributed by atoms with Crippen molar-refractivity contribution < 1.29 is 9.47 Å². The van der Waals surface area contributed by atoms with Gasteiger partial charge in [-0.15, -0.1) is 0 Å². The van der Waals surface area contributed by atoms with E-state index in [4.69, 9.17) is 15.2 Å². The maximum atomic E-state index is 5.67. The van der Waals surface area contributed by atoms with Gasteiger partial charge in [-0.1, -0.05) is 0 Å². The summed E-state index contributed by atoms with van der Waals surface area (Å²) < 4.78 is 12.8. The van der Waals surface area contributed by atoms with Gasteiger partial charge >= 0.3 is 0 Å². The van der Waals surface area contributed by atoms with E-state index in [-0.39, 0.29) is 0 Å². The summed E-state index contributed by atoms with van der Waals surface area (Å²) in [6, 6.07) is 1.81. The molecule has 0 bridgehead atoms. The van der Waals surface area contributed by atoms with Crippen LogP contribution in [0.25, 0.3) is 0 Å². The summed E-state index contributed by atoms with van der Waals surface area (Å²) in [4.78, 5) is 0. The first-order valence-electron chi connectivity index (χ1n) is 6.29. The Bertz CT molecular complexity index is 321. The molecule has 1 saturated heterocycles. The Morgan fingerprint density at radius 2 is 2.29 bits per heavy atom. The lowest BCUT2D eigenvalue weighted by Crippen LogP contribution is -2.20. The van der Waals surface area contributed by atoms with Gasteiger partial charge in [0.25, 0.3) is 0 Å². The van der Waals surface area contributed by atoms with Gasteiger partial charge in [0.2, 0.25) is 0 Å². The van der Waals surface area contributed by atoms with Crippen LogP contribution < -0.4 is 5.73 Å². The van der Waals surface area contributed by atoms with Gasteiger partial charge in [-0.05, 0) is 31.2 Å². The molecule has 1 aromatic heterocycles. The summed E-state index contributed by atoms with van der Waals surface area (Å²) in [5.74, 6) is 1.26. The standard InChI is InChI=1S/C12H21N3O2/c13-12-2-6-15(14-12)5-1-7-17-10-11-3-8-16-9-4-11/h2,6,11H,1,3-5,7-10H2,(H2,13,14). The van der Waals surface area contributed by atoms with Gasteiger partial charge in [0.15, 0.2) is 0 Å². The molecule has 2 heterocycles. The van der Waals surface area contributed by atoms with Gasteiger partial charge in [-0.2, -0.15) is 5.10 Å². The third-order valence-electron chi connectivity index (χ3n) is 3.03. The lowest BCUT2D eigenvalue weighted by Gasteiger charge is -2.21. The van der Waals surface area contributed by atoms with Crippen LogP contribution in [0, 0.1) is 5.92 Å². The molecule has 1 fully saturated rings. The molecule has 0 saturated carbocycles. The monoisotopic (exact) mass is 239 g/mol. The van der Waals surface area contributed by atoms with E-state index in [2.05, 4.69) is 5.10 Å². The van der Waals surface area contributed by atoms with Crippen LogP contribution in [0.15, 0.2) is 12.3 Å². The van der Waals surface area contributed by atoms with Crippen molar-refractivity contribution in [3.63, 3.8) is 0 Å². The Morgan fingerprint density at radius 1 is 1.47 bits per heavy atom. The summed E-state index contributed by atoms with van der Waals surface area (Å²) in [5.41, 5.74) is 5.53. The van der Waals surface area contributed by atoms with E-state index in [1.165, 1.54) is 0 Å². The second-order valence-corrected chi connectivity index (χ2v) is 4.49. The van der Waals surface area contributed by atoms with E-state index < -0.39 is 0 Å². The van der Waals surface area contributed by atoms with Gasteiger partial charge in [0.1, 0.15) is 5.82 Å². The minimum absolute atomic E-state index is 0.577. The molecule has 0 atom stereocenters. The van der Waals surface area contributed by atoms with E-state index in [0.29, 0.717) is 11.7 Å². The van der Waals surface area contributed by atoms with Crippen LogP contribution in [0.1, 0.15) is 19.3 Å². The van der Waals surface area contributed by atoms with Crippen molar-refractivity contribution in [2.24, 2.45) is 5.92 Å². The minimum atomic E-state index is 0.577. The van der Waals surface area contributed by atoms with Crippen LogP contribution in [0.4, 0.5) is 5.82 Å². The number of aromatic nitrogens is 2. The number of anilines is 1. The topological polar surface area (TPSA) is 62.3 Å². The first-order chi connectivity index (χ1) is 8.34. The van der Waals surface area contributed by atoms with Crippen molar-refractivity contribution in [1.29, 1.82) is 0 Å². The summed E-state index contributed by atoms with van der Waals surface area (Å²) >= 11 is 0. The van der Waals surface area contributed by atoms with Crippen molar-refractivity contribution in [3.8, 4) is 0 Å². The Kier molecular flexibility index (Phi) is 4.82. The largest absolute Gasteiger partial charge is 0.382 e. The highest BCUT2D eigenvalue weighted by Crippen LogP contribution is 2.14. The zero-order chi connectivity index (χ0) is 11.9. The SMILES string of the molecule is Nc1ccn(CCCOCC2CCOCC2)n1. The fourth-order valence-electron chi connectivity index (χ4n) is 1.99. The van der Waals surface area contributed by atoms with Crippen LogP contribution >= 0.6 is 0 Å². The first kappa shape index (κ1) is 12.4. The van der Waals surface area contributed by atoms with Gasteiger partial charge < -0.3 is 15.2 Å². The lowest BCUT2D eigenvalue weighted by molar-refractivity contribution is 0.0194. The maximum absolute atomic E-state index is 5.67. The van der Waals surface area contributed by atoms with E-state index in [0.717, 1.165) is 52.2 Å². The average Bonchev–Trinajstić information content (AvgIpc) is 2.76. The normalized spacial score (nSPS) is 17.4. The molecule has 17 heavy (non-hydrogen) atoms. The molecule has 1 aliphatic heterocycles. The fraction of sp³-hybridized carbons (Fsp3) is 0.750. The Labute approximate surface area is 102 Å². The highest BCUT2D eigenvalue weighted by molar-refractivity contribution is 5.23. The van der Waals surface area contributed by atoms with E-state index in [1.54, 1.807) is 0 Å². The molecule has 5 nitrogen and oxygen atoms in total. The molecular formula is C12H21N3O2. The molecule has 96 valence electrons. The molecule has 0 aliphatic carbocycles. The Hall–Kier alpha value is -1.07. The summed E-state index contributed by atoms with van der Waals surface area (Å²) in [5, 5.41) is 4.12. The molecule has 1 aliphatic rings. The Balaban J connectivity index is 1.51. The number of nitrogen functional groups attached to an aromatic ring is 1. The number of nitrogens with two attached hydrogens (primary N) is 1. The van der Waals surface area contributed by atoms with Crippen molar-refractivity contribution in [1.82, 2.24) is 9.78 Å². The number of ether oxygens (including phenoxy) is 2. The van der Waals surface area contributed by atoms with Gasteiger partial charge in [0, 0.05) is 39.2 Å². The summed E-state index contributed by atoms with van der Waals surface area (Å²) in [7, 11) is 0. The van der Waals surface area contributed by atoms with E-state index >= 15 is 0 Å². The predicted octanol–water partition coefficient (Wildman–Crippen LogP) is 1.30. The predicted molar refractivity (Wildman–Crippen MR) is 65.6 cm³/mol. The third kappa shape index (κ3) is 4.36. The van der Waals surface area contributed by atoms with E-state index in [9.17, 15) is 0 Å². The molecule has 0 unspecified atom stereocenters. The number of nitrogens with zero attached hydrogens (tertiary/aromatic N) is 2. The highest BCUT2D eigenvalue weighted by Gasteiger charge is 2.13. The second kappa shape index (κ2) is 6.61. The fourth-order valence-corrected chi connectivity index (χ4v) is 1.99. The Morgan fingerprint density at radius 3 is 3.00 bits per heavy atom. The van der Waals surface area contributed by atoms with Gasteiger partial charge in [-0.25, -0.2) is 0 Å². The quantitative estimate of drug-likeness (QED) is 0.760. The smallest absolute Gasteiger partial charge is 0.145 e. The van der Waals surface area contributed by atoms with Crippen LogP contribution in [0.3, 0.4) is 0 Å². The van der Waals surface area contributed by atoms with Crippen LogP contribution in [-0.2, 0) is 16.0 Å². The molecule has 0 amide bonds. The number of aryl methyl sites for hydroxylation is 1. The molecular weight excluding hydrogens is 218 g/mol. The zero-order valence-corrected chi connectivity index (χ0v) is 10.2. The van der Waals surface area contributed by atoms with Crippen LogP contribution in [-0.4, -0.2) is 36.2 Å². The van der Waals surface area contributed by atoms with Gasteiger partial charge in [-0.3, -0.25) is 4.68 Å². The van der Waals surface area contributed by atoms with Crippen LogP contribution in [0.5, 0.6) is 0 Å². The van der Waals surface area contributed by atoms with Gasteiger partial charge in [0.05, 0.1) is 0 Å². The molecule has 0 spiro atoms. The summed E-state index contributed by atoms with van der Waals surface area (Å²) in [6.07, 6.45) is 5.14. The molecule has 0 aromatic carbocycles. The molecule has 2 N–H and O–H groups in total. The first-order valence-corrected chi connectivity index (χ1v) is 6.29. The van der Waals surface area contributed by atoms with Crippen molar-refractivity contribution >= 4 is 5.82 Å². The average molecular weight is 239 g/mol. The summed E-state index contributed by atoms with van der Waals surface area (Å²) in [6.45, 7) is 4.30. The molecule has 2 rings (SSSR count). The maximum Gasteiger partial charge on any atom is 0.145 e. The molecule has 1 aromatic rings. The van der Waals surface area contributed by atoms with Crippen molar-refractivity contribution in [2.75, 3.05) is 32.2 Å². The lowest BCUT2D eigenvalue weighted by atomic mass is 10.0. The highest BCUT2D eigenvalue weighted by atomic mass is 16.5.